The van der Waals surface area contributed by atoms with Gasteiger partial charge in [-0.15, -0.1) is 11.3 Å². The summed E-state index contributed by atoms with van der Waals surface area (Å²) in [5, 5.41) is 2.04. The third-order valence-electron chi connectivity index (χ3n) is 5.80. The Kier molecular flexibility index (Phi) is 8.56. The molecule has 1 aliphatic rings. The number of ether oxygens (including phenoxy) is 3. The normalized spacial score (nSPS) is 15.9. The summed E-state index contributed by atoms with van der Waals surface area (Å²) in [6.45, 7) is 1.47. The number of sulfonamides is 1. The van der Waals surface area contributed by atoms with E-state index >= 15 is 0 Å². The van der Waals surface area contributed by atoms with Crippen LogP contribution in [0.5, 0.6) is 5.75 Å². The summed E-state index contributed by atoms with van der Waals surface area (Å²) < 4.78 is 45.4. The Morgan fingerprint density at radius 3 is 2.74 bits per heavy atom. The number of carbonyl (C=O) groups excluding carboxylic acids is 1. The van der Waals surface area contributed by atoms with Crippen LogP contribution in [-0.2, 0) is 32.5 Å². The molecule has 4 rings (SSSR count). The van der Waals surface area contributed by atoms with Gasteiger partial charge in [-0.25, -0.2) is 13.2 Å². The lowest BCUT2D eigenvalue weighted by molar-refractivity contribution is 0.0596. The van der Waals surface area contributed by atoms with Gasteiger partial charge in [0.15, 0.2) is 0 Å². The molecule has 0 aliphatic carbocycles. The van der Waals surface area contributed by atoms with Crippen molar-refractivity contribution in [3.05, 3.63) is 82.0 Å². The highest BCUT2D eigenvalue weighted by Gasteiger charge is 2.32. The molecular formula is C26H29NO6S2. The van der Waals surface area contributed by atoms with Gasteiger partial charge in [0.2, 0.25) is 10.0 Å². The van der Waals surface area contributed by atoms with E-state index in [2.05, 4.69) is 6.07 Å². The molecule has 9 heteroatoms. The average molecular weight is 516 g/mol. The maximum absolute atomic E-state index is 13.8. The zero-order chi connectivity index (χ0) is 24.7. The molecule has 1 unspecified atom stereocenters. The smallest absolute Gasteiger partial charge is 0.339 e. The minimum Gasteiger partial charge on any atom is -0.493 e. The Hall–Kier alpha value is -2.72. The fourth-order valence-electron chi connectivity index (χ4n) is 4.03. The fraction of sp³-hybridized carbons (Fsp3) is 0.346. The fourth-order valence-corrected chi connectivity index (χ4v) is 6.36. The molecule has 1 aromatic heterocycles. The van der Waals surface area contributed by atoms with E-state index in [1.807, 2.05) is 35.7 Å². The molecule has 0 bridgehead atoms. The van der Waals surface area contributed by atoms with Crippen molar-refractivity contribution < 1.29 is 27.4 Å². The molecule has 186 valence electrons. The number of methoxy groups -OCH3 is 1. The summed E-state index contributed by atoms with van der Waals surface area (Å²) in [5.41, 5.74) is 0.800. The number of nitrogens with zero attached hydrogens (tertiary/aromatic N) is 1. The first-order chi connectivity index (χ1) is 17.0. The van der Waals surface area contributed by atoms with Crippen LogP contribution in [0, 0.1) is 0 Å². The molecule has 1 atom stereocenters. The number of esters is 1. The maximum atomic E-state index is 13.8. The summed E-state index contributed by atoms with van der Waals surface area (Å²) in [5.74, 6) is -0.00846. The van der Waals surface area contributed by atoms with Crippen molar-refractivity contribution in [1.29, 1.82) is 0 Å². The van der Waals surface area contributed by atoms with Crippen LogP contribution < -0.4 is 4.74 Å². The van der Waals surface area contributed by atoms with Crippen LogP contribution in [-0.4, -0.2) is 51.7 Å². The molecule has 3 aromatic rings. The SMILES string of the molecule is COC(=O)c1ccccc1S(=O)(=O)N(Cc1cccc(OCCc2cccs2)c1)CC1CCCO1. The summed E-state index contributed by atoms with van der Waals surface area (Å²) in [6.07, 6.45) is 2.30. The Bertz CT molecular complexity index is 1220. The van der Waals surface area contributed by atoms with E-state index in [4.69, 9.17) is 14.2 Å². The average Bonchev–Trinajstić information content (AvgIpc) is 3.58. The van der Waals surface area contributed by atoms with Gasteiger partial charge in [0.25, 0.3) is 0 Å². The van der Waals surface area contributed by atoms with Crippen molar-refractivity contribution in [3.63, 3.8) is 0 Å². The van der Waals surface area contributed by atoms with Crippen molar-refractivity contribution in [2.75, 3.05) is 26.9 Å². The Labute approximate surface area is 210 Å². The highest BCUT2D eigenvalue weighted by molar-refractivity contribution is 7.89. The molecule has 0 amide bonds. The Morgan fingerprint density at radius 1 is 1.14 bits per heavy atom. The van der Waals surface area contributed by atoms with Gasteiger partial charge in [0.1, 0.15) is 5.75 Å². The van der Waals surface area contributed by atoms with Gasteiger partial charge in [-0.1, -0.05) is 30.3 Å². The third-order valence-corrected chi connectivity index (χ3v) is 8.60. The van der Waals surface area contributed by atoms with Gasteiger partial charge < -0.3 is 14.2 Å². The number of carbonyl (C=O) groups is 1. The van der Waals surface area contributed by atoms with Crippen LogP contribution in [0.2, 0.25) is 0 Å². The molecule has 0 N–H and O–H groups in total. The molecule has 7 nitrogen and oxygen atoms in total. The first-order valence-corrected chi connectivity index (χ1v) is 13.8. The summed E-state index contributed by atoms with van der Waals surface area (Å²) in [6, 6.07) is 17.7. The Balaban J connectivity index is 1.56. The van der Waals surface area contributed by atoms with Crippen LogP contribution in [0.3, 0.4) is 0 Å². The van der Waals surface area contributed by atoms with E-state index in [0.717, 1.165) is 24.8 Å². The van der Waals surface area contributed by atoms with E-state index in [9.17, 15) is 13.2 Å². The molecule has 2 heterocycles. The van der Waals surface area contributed by atoms with Gasteiger partial charge in [0, 0.05) is 31.0 Å². The number of hydrogen-bond donors (Lipinski definition) is 0. The monoisotopic (exact) mass is 515 g/mol. The molecule has 35 heavy (non-hydrogen) atoms. The first kappa shape index (κ1) is 25.4. The lowest BCUT2D eigenvalue weighted by atomic mass is 10.2. The lowest BCUT2D eigenvalue weighted by Crippen LogP contribution is -2.37. The second kappa shape index (κ2) is 11.8. The second-order valence-corrected chi connectivity index (χ2v) is 11.2. The first-order valence-electron chi connectivity index (χ1n) is 11.5. The van der Waals surface area contributed by atoms with Crippen LogP contribution in [0.25, 0.3) is 0 Å². The lowest BCUT2D eigenvalue weighted by Gasteiger charge is -2.26. The van der Waals surface area contributed by atoms with Gasteiger partial charge in [0.05, 0.1) is 30.3 Å². The molecule has 2 aromatic carbocycles. The molecule has 1 aliphatic heterocycles. The molecule has 0 spiro atoms. The predicted octanol–water partition coefficient (Wildman–Crippen LogP) is 4.53. The minimum atomic E-state index is -4.02. The highest BCUT2D eigenvalue weighted by atomic mass is 32.2. The standard InChI is InChI=1S/C26H29NO6S2/c1-31-26(28)24-11-2-3-12-25(24)35(29,30)27(19-22-9-5-14-32-22)18-20-7-4-8-21(17-20)33-15-13-23-10-6-16-34-23/h2-4,6-8,10-12,16-17,22H,5,9,13-15,18-19H2,1H3. The van der Waals surface area contributed by atoms with Crippen LogP contribution in [0.4, 0.5) is 0 Å². The Morgan fingerprint density at radius 2 is 2.00 bits per heavy atom. The zero-order valence-corrected chi connectivity index (χ0v) is 21.2. The van der Waals surface area contributed by atoms with Crippen LogP contribution >= 0.6 is 11.3 Å². The van der Waals surface area contributed by atoms with Crippen molar-refractivity contribution in [2.24, 2.45) is 0 Å². The topological polar surface area (TPSA) is 82.1 Å². The molecule has 0 saturated carbocycles. The van der Waals surface area contributed by atoms with E-state index in [1.54, 1.807) is 23.5 Å². The van der Waals surface area contributed by atoms with Crippen LogP contribution in [0.15, 0.2) is 70.9 Å². The van der Waals surface area contributed by atoms with Crippen molar-refractivity contribution in [3.8, 4) is 5.75 Å². The number of hydrogen-bond acceptors (Lipinski definition) is 7. The van der Waals surface area contributed by atoms with Gasteiger partial charge >= 0.3 is 5.97 Å². The van der Waals surface area contributed by atoms with Crippen molar-refractivity contribution in [1.82, 2.24) is 4.31 Å². The maximum Gasteiger partial charge on any atom is 0.339 e. The second-order valence-electron chi connectivity index (χ2n) is 8.25. The van der Waals surface area contributed by atoms with Gasteiger partial charge in [-0.3, -0.25) is 0 Å². The predicted molar refractivity (Wildman–Crippen MR) is 134 cm³/mol. The minimum absolute atomic E-state index is 0.0120. The molecule has 1 saturated heterocycles. The number of thiophene rings is 1. The van der Waals surface area contributed by atoms with Gasteiger partial charge in [-0.2, -0.15) is 4.31 Å². The summed E-state index contributed by atoms with van der Waals surface area (Å²) >= 11 is 1.69. The molecule has 0 radical (unpaired) electrons. The van der Waals surface area contributed by atoms with Gasteiger partial charge in [-0.05, 0) is 54.1 Å². The van der Waals surface area contributed by atoms with Crippen LogP contribution in [0.1, 0.15) is 33.6 Å². The third kappa shape index (κ3) is 6.49. The quantitative estimate of drug-likeness (QED) is 0.349. The number of rotatable bonds is 11. The van der Waals surface area contributed by atoms with E-state index < -0.39 is 16.0 Å². The van der Waals surface area contributed by atoms with E-state index in [1.165, 1.54) is 28.4 Å². The zero-order valence-electron chi connectivity index (χ0n) is 19.6. The van der Waals surface area contributed by atoms with E-state index in [-0.39, 0.29) is 29.7 Å². The summed E-state index contributed by atoms with van der Waals surface area (Å²) in [4.78, 5) is 13.5. The summed E-state index contributed by atoms with van der Waals surface area (Å²) in [7, 11) is -2.78. The highest BCUT2D eigenvalue weighted by Crippen LogP contribution is 2.26. The largest absolute Gasteiger partial charge is 0.493 e. The van der Waals surface area contributed by atoms with Crippen molar-refractivity contribution in [2.45, 2.75) is 36.8 Å². The van der Waals surface area contributed by atoms with Crippen molar-refractivity contribution >= 4 is 27.3 Å². The number of benzene rings is 2. The molecular weight excluding hydrogens is 486 g/mol. The van der Waals surface area contributed by atoms with E-state index in [0.29, 0.717) is 19.0 Å². The molecule has 1 fully saturated rings.